The third kappa shape index (κ3) is 41.1. The second kappa shape index (κ2) is 43.8. The molecule has 52 heavy (non-hydrogen) atoms. The van der Waals surface area contributed by atoms with Crippen LogP contribution in [-0.4, -0.2) is 37.9 Å². The number of hydrogen-bond acceptors (Lipinski definition) is 5. The van der Waals surface area contributed by atoms with Gasteiger partial charge in [0.05, 0.1) is 6.61 Å². The Morgan fingerprint density at radius 3 is 1.35 bits per heavy atom. The molecule has 0 fully saturated rings. The average molecular weight is 733 g/mol. The first kappa shape index (κ1) is 50.4. The number of carbonyl (C=O) groups is 2. The first-order valence-electron chi connectivity index (χ1n) is 22.9. The molecule has 0 heterocycles. The van der Waals surface area contributed by atoms with E-state index < -0.39 is 6.10 Å². The minimum absolute atomic E-state index is 0.0844. The van der Waals surface area contributed by atoms with Crippen LogP contribution in [0.3, 0.4) is 0 Å². The standard InChI is InChI=1S/C47H88O5/c1-4-7-10-13-16-19-21-23-25-27-30-33-36-39-42-50-43-45(52-47(49)41-38-35-32-28-18-15-12-9-6-3)44-51-46(48)40-37-34-31-29-26-24-22-20-17-14-11-8-5-2/h11,14,20,22,45H,4-10,12-13,15-19,21,23-44H2,1-3H3/b14-11-,22-20-. The maximum Gasteiger partial charge on any atom is 0.306 e. The second-order valence-corrected chi connectivity index (χ2v) is 15.3. The number of unbranched alkanes of at least 4 members (excludes halogenated alkanes) is 27. The number of rotatable bonds is 42. The first-order chi connectivity index (χ1) is 25.6. The minimum atomic E-state index is -0.531. The lowest BCUT2D eigenvalue weighted by atomic mass is 10.0. The summed E-state index contributed by atoms with van der Waals surface area (Å²) in [4.78, 5) is 25.2. The van der Waals surface area contributed by atoms with E-state index in [0.29, 0.717) is 26.1 Å². The van der Waals surface area contributed by atoms with E-state index in [1.807, 2.05) is 0 Å². The molecule has 0 aromatic carbocycles. The van der Waals surface area contributed by atoms with Gasteiger partial charge in [0.15, 0.2) is 6.10 Å². The number of carbonyl (C=O) groups excluding carboxylic acids is 2. The van der Waals surface area contributed by atoms with Gasteiger partial charge >= 0.3 is 11.9 Å². The van der Waals surface area contributed by atoms with Crippen molar-refractivity contribution < 1.29 is 23.8 Å². The highest BCUT2D eigenvalue weighted by molar-refractivity contribution is 5.70. The fourth-order valence-corrected chi connectivity index (χ4v) is 6.55. The SMILES string of the molecule is CCC/C=C\C/C=C\CCCCCCCC(=O)OCC(COCCCCCCCCCCCCCCCC)OC(=O)CCCCCCCCCCC. The fourth-order valence-electron chi connectivity index (χ4n) is 6.55. The molecule has 0 rings (SSSR count). The normalized spacial score (nSPS) is 12.3. The lowest BCUT2D eigenvalue weighted by Crippen LogP contribution is -2.30. The van der Waals surface area contributed by atoms with Crippen molar-refractivity contribution in [3.8, 4) is 0 Å². The molecule has 0 radical (unpaired) electrons. The summed E-state index contributed by atoms with van der Waals surface area (Å²) in [5, 5.41) is 0. The van der Waals surface area contributed by atoms with Crippen molar-refractivity contribution in [2.24, 2.45) is 0 Å². The molecule has 0 aromatic heterocycles. The number of hydrogen-bond donors (Lipinski definition) is 0. The van der Waals surface area contributed by atoms with E-state index in [1.54, 1.807) is 0 Å². The summed E-state index contributed by atoms with van der Waals surface area (Å²) in [6.45, 7) is 7.77. The molecule has 306 valence electrons. The van der Waals surface area contributed by atoms with Crippen LogP contribution in [0.25, 0.3) is 0 Å². The van der Waals surface area contributed by atoms with E-state index in [0.717, 1.165) is 51.4 Å². The zero-order valence-corrected chi connectivity index (χ0v) is 35.1. The Morgan fingerprint density at radius 2 is 0.846 bits per heavy atom. The van der Waals surface area contributed by atoms with Crippen molar-refractivity contribution >= 4 is 11.9 Å². The molecule has 5 nitrogen and oxygen atoms in total. The quantitative estimate of drug-likeness (QED) is 0.0355. The molecule has 0 saturated heterocycles. The Kier molecular flexibility index (Phi) is 42.4. The van der Waals surface area contributed by atoms with Gasteiger partial charge in [-0.1, -0.05) is 206 Å². The van der Waals surface area contributed by atoms with Crippen LogP contribution < -0.4 is 0 Å². The van der Waals surface area contributed by atoms with E-state index in [4.69, 9.17) is 14.2 Å². The van der Waals surface area contributed by atoms with Crippen LogP contribution in [0.1, 0.15) is 239 Å². The van der Waals surface area contributed by atoms with Gasteiger partial charge in [-0.15, -0.1) is 0 Å². The Hall–Kier alpha value is -1.62. The molecule has 0 aliphatic carbocycles. The van der Waals surface area contributed by atoms with E-state index in [2.05, 4.69) is 45.1 Å². The van der Waals surface area contributed by atoms with Gasteiger partial charge in [-0.05, 0) is 44.9 Å². The molecule has 0 aliphatic heterocycles. The highest BCUT2D eigenvalue weighted by Crippen LogP contribution is 2.15. The maximum atomic E-state index is 12.7. The van der Waals surface area contributed by atoms with Crippen molar-refractivity contribution in [3.05, 3.63) is 24.3 Å². The van der Waals surface area contributed by atoms with Gasteiger partial charge in [-0.25, -0.2) is 0 Å². The summed E-state index contributed by atoms with van der Waals surface area (Å²) in [6, 6.07) is 0. The van der Waals surface area contributed by atoms with Crippen molar-refractivity contribution in [2.45, 2.75) is 245 Å². The average Bonchev–Trinajstić information content (AvgIpc) is 3.14. The van der Waals surface area contributed by atoms with E-state index in [1.165, 1.54) is 154 Å². The van der Waals surface area contributed by atoms with E-state index in [-0.39, 0.29) is 18.5 Å². The molecule has 1 atom stereocenters. The van der Waals surface area contributed by atoms with E-state index >= 15 is 0 Å². The van der Waals surface area contributed by atoms with Crippen LogP contribution in [0.15, 0.2) is 24.3 Å². The highest BCUT2D eigenvalue weighted by Gasteiger charge is 2.17. The Bertz CT molecular complexity index is 791. The van der Waals surface area contributed by atoms with E-state index in [9.17, 15) is 9.59 Å². The Labute approximate surface area is 324 Å². The first-order valence-corrected chi connectivity index (χ1v) is 22.9. The summed E-state index contributed by atoms with van der Waals surface area (Å²) in [5.74, 6) is -0.405. The number of ether oxygens (including phenoxy) is 3. The van der Waals surface area contributed by atoms with Gasteiger partial charge < -0.3 is 14.2 Å². The third-order valence-corrected chi connectivity index (χ3v) is 9.97. The second-order valence-electron chi connectivity index (χ2n) is 15.3. The molecule has 0 aromatic rings. The molecule has 0 spiro atoms. The summed E-state index contributed by atoms with van der Waals surface area (Å²) in [7, 11) is 0. The summed E-state index contributed by atoms with van der Waals surface area (Å²) < 4.78 is 17.3. The lowest BCUT2D eigenvalue weighted by Gasteiger charge is -2.18. The van der Waals surface area contributed by atoms with Crippen molar-refractivity contribution in [3.63, 3.8) is 0 Å². The topological polar surface area (TPSA) is 61.8 Å². The molecule has 0 saturated carbocycles. The van der Waals surface area contributed by atoms with Crippen LogP contribution in [0.2, 0.25) is 0 Å². The zero-order chi connectivity index (χ0) is 37.8. The van der Waals surface area contributed by atoms with Gasteiger partial charge in [0.2, 0.25) is 0 Å². The molecule has 1 unspecified atom stereocenters. The van der Waals surface area contributed by atoms with Gasteiger partial charge in [0.1, 0.15) is 6.61 Å². The predicted molar refractivity (Wildman–Crippen MR) is 224 cm³/mol. The predicted octanol–water partition coefficient (Wildman–Crippen LogP) is 14.9. The lowest BCUT2D eigenvalue weighted by molar-refractivity contribution is -0.163. The summed E-state index contributed by atoms with van der Waals surface area (Å²) in [5.41, 5.74) is 0. The van der Waals surface area contributed by atoms with Crippen LogP contribution in [0, 0.1) is 0 Å². The van der Waals surface area contributed by atoms with Crippen molar-refractivity contribution in [1.82, 2.24) is 0 Å². The Morgan fingerprint density at radius 1 is 0.423 bits per heavy atom. The third-order valence-electron chi connectivity index (χ3n) is 9.97. The molecule has 0 aliphatic rings. The van der Waals surface area contributed by atoms with Gasteiger partial charge in [0, 0.05) is 19.4 Å². The molecular weight excluding hydrogens is 645 g/mol. The molecular formula is C47H88O5. The maximum absolute atomic E-state index is 12.7. The summed E-state index contributed by atoms with van der Waals surface area (Å²) >= 11 is 0. The summed E-state index contributed by atoms with van der Waals surface area (Å²) in [6.07, 6.45) is 48.9. The fraction of sp³-hybridized carbons (Fsp3) is 0.872. The molecule has 0 N–H and O–H groups in total. The van der Waals surface area contributed by atoms with Gasteiger partial charge in [-0.2, -0.15) is 0 Å². The van der Waals surface area contributed by atoms with Crippen molar-refractivity contribution in [2.75, 3.05) is 19.8 Å². The minimum Gasteiger partial charge on any atom is -0.462 e. The monoisotopic (exact) mass is 733 g/mol. The van der Waals surface area contributed by atoms with Gasteiger partial charge in [-0.3, -0.25) is 9.59 Å². The number of esters is 2. The number of allylic oxidation sites excluding steroid dienone is 4. The molecule has 0 bridgehead atoms. The van der Waals surface area contributed by atoms with Crippen LogP contribution in [0.4, 0.5) is 0 Å². The smallest absolute Gasteiger partial charge is 0.306 e. The Balaban J connectivity index is 4.20. The van der Waals surface area contributed by atoms with Crippen LogP contribution in [0.5, 0.6) is 0 Å². The van der Waals surface area contributed by atoms with Crippen LogP contribution >= 0.6 is 0 Å². The molecule has 5 heteroatoms. The van der Waals surface area contributed by atoms with Gasteiger partial charge in [0.25, 0.3) is 0 Å². The van der Waals surface area contributed by atoms with Crippen molar-refractivity contribution in [1.29, 1.82) is 0 Å². The largest absolute Gasteiger partial charge is 0.462 e. The van der Waals surface area contributed by atoms with Crippen LogP contribution in [-0.2, 0) is 23.8 Å². The molecule has 0 amide bonds. The zero-order valence-electron chi connectivity index (χ0n) is 35.1. The highest BCUT2D eigenvalue weighted by atomic mass is 16.6.